The van der Waals surface area contributed by atoms with Crippen molar-refractivity contribution in [2.45, 2.75) is 32.1 Å². The number of likely N-dealkylation sites (tertiary alicyclic amines) is 1. The largest absolute Gasteiger partial charge is 0.347 e. The molecule has 2 saturated heterocycles. The SMILES string of the molecule is Cc1ccc(CNCC(=O)N2CCC3(CC2)OCCO3)cc1. The first-order valence-electron chi connectivity index (χ1n) is 7.99. The number of hydrogen-bond donors (Lipinski definition) is 1. The molecule has 2 fully saturated rings. The molecule has 0 bridgehead atoms. The molecule has 22 heavy (non-hydrogen) atoms. The topological polar surface area (TPSA) is 50.8 Å². The van der Waals surface area contributed by atoms with Crippen LogP contribution in [0.4, 0.5) is 0 Å². The van der Waals surface area contributed by atoms with Gasteiger partial charge in [-0.3, -0.25) is 4.79 Å². The van der Waals surface area contributed by atoms with Crippen LogP contribution in [0.25, 0.3) is 0 Å². The van der Waals surface area contributed by atoms with Crippen molar-refractivity contribution in [1.29, 1.82) is 0 Å². The molecular formula is C17H24N2O3. The first kappa shape index (κ1) is 15.5. The van der Waals surface area contributed by atoms with Gasteiger partial charge in [0.15, 0.2) is 5.79 Å². The van der Waals surface area contributed by atoms with Crippen LogP contribution in [0.15, 0.2) is 24.3 Å². The van der Waals surface area contributed by atoms with Gasteiger partial charge in [0.05, 0.1) is 19.8 Å². The predicted molar refractivity (Wildman–Crippen MR) is 83.3 cm³/mol. The zero-order valence-electron chi connectivity index (χ0n) is 13.1. The van der Waals surface area contributed by atoms with E-state index in [1.54, 1.807) is 0 Å². The quantitative estimate of drug-likeness (QED) is 0.915. The minimum Gasteiger partial charge on any atom is -0.347 e. The molecule has 0 atom stereocenters. The van der Waals surface area contributed by atoms with Crippen molar-refractivity contribution in [2.75, 3.05) is 32.8 Å². The van der Waals surface area contributed by atoms with Gasteiger partial charge in [0, 0.05) is 32.5 Å². The van der Waals surface area contributed by atoms with Crippen molar-refractivity contribution in [1.82, 2.24) is 10.2 Å². The highest BCUT2D eigenvalue weighted by Gasteiger charge is 2.40. The van der Waals surface area contributed by atoms with Crippen LogP contribution in [0.2, 0.25) is 0 Å². The van der Waals surface area contributed by atoms with Crippen LogP contribution in [-0.2, 0) is 20.8 Å². The van der Waals surface area contributed by atoms with Crippen molar-refractivity contribution in [3.63, 3.8) is 0 Å². The van der Waals surface area contributed by atoms with Crippen molar-refractivity contribution < 1.29 is 14.3 Å². The van der Waals surface area contributed by atoms with E-state index in [2.05, 4.69) is 36.5 Å². The second-order valence-electron chi connectivity index (χ2n) is 6.08. The molecule has 2 aliphatic rings. The lowest BCUT2D eigenvalue weighted by Crippen LogP contribution is -2.49. The molecule has 1 aromatic rings. The summed E-state index contributed by atoms with van der Waals surface area (Å²) in [6.07, 6.45) is 1.55. The number of rotatable bonds is 4. The number of carbonyl (C=O) groups is 1. The molecule has 2 aliphatic heterocycles. The van der Waals surface area contributed by atoms with Crippen LogP contribution >= 0.6 is 0 Å². The van der Waals surface area contributed by atoms with Gasteiger partial charge in [-0.25, -0.2) is 0 Å². The third kappa shape index (κ3) is 3.66. The average Bonchev–Trinajstić information content (AvgIpc) is 2.98. The predicted octanol–water partition coefficient (Wildman–Crippen LogP) is 1.45. The van der Waals surface area contributed by atoms with Gasteiger partial charge in [0.1, 0.15) is 0 Å². The Kier molecular flexibility index (Phi) is 4.76. The van der Waals surface area contributed by atoms with E-state index in [1.807, 2.05) is 4.90 Å². The molecule has 0 radical (unpaired) electrons. The Morgan fingerprint density at radius 1 is 1.18 bits per heavy atom. The van der Waals surface area contributed by atoms with Gasteiger partial charge in [-0.15, -0.1) is 0 Å². The summed E-state index contributed by atoms with van der Waals surface area (Å²) in [5.41, 5.74) is 2.45. The smallest absolute Gasteiger partial charge is 0.236 e. The molecule has 5 heteroatoms. The maximum atomic E-state index is 12.2. The van der Waals surface area contributed by atoms with Gasteiger partial charge >= 0.3 is 0 Å². The zero-order chi connectivity index (χ0) is 15.4. The second kappa shape index (κ2) is 6.77. The lowest BCUT2D eigenvalue weighted by molar-refractivity contribution is -0.187. The third-order valence-electron chi connectivity index (χ3n) is 4.42. The van der Waals surface area contributed by atoms with Crippen molar-refractivity contribution in [3.05, 3.63) is 35.4 Å². The second-order valence-corrected chi connectivity index (χ2v) is 6.08. The van der Waals surface area contributed by atoms with E-state index in [0.717, 1.165) is 19.4 Å². The van der Waals surface area contributed by atoms with Crippen LogP contribution in [0.3, 0.4) is 0 Å². The first-order valence-corrected chi connectivity index (χ1v) is 7.99. The minimum atomic E-state index is -0.411. The van der Waals surface area contributed by atoms with Gasteiger partial charge < -0.3 is 19.7 Å². The number of aryl methyl sites for hydroxylation is 1. The number of carbonyl (C=O) groups excluding carboxylic acids is 1. The molecule has 120 valence electrons. The summed E-state index contributed by atoms with van der Waals surface area (Å²) in [6, 6.07) is 8.35. The number of piperidine rings is 1. The van der Waals surface area contributed by atoms with E-state index >= 15 is 0 Å². The number of nitrogens with zero attached hydrogens (tertiary/aromatic N) is 1. The monoisotopic (exact) mass is 304 g/mol. The number of amides is 1. The standard InChI is InChI=1S/C17H24N2O3/c1-14-2-4-15(5-3-14)12-18-13-16(20)19-8-6-17(7-9-19)21-10-11-22-17/h2-5,18H,6-13H2,1H3. The number of ether oxygens (including phenoxy) is 2. The Balaban J connectivity index is 1.40. The highest BCUT2D eigenvalue weighted by molar-refractivity contribution is 5.78. The Morgan fingerprint density at radius 3 is 2.45 bits per heavy atom. The molecule has 0 aliphatic carbocycles. The Morgan fingerprint density at radius 2 is 1.82 bits per heavy atom. The van der Waals surface area contributed by atoms with E-state index in [0.29, 0.717) is 32.8 Å². The highest BCUT2D eigenvalue weighted by Crippen LogP contribution is 2.31. The van der Waals surface area contributed by atoms with E-state index < -0.39 is 5.79 Å². The summed E-state index contributed by atoms with van der Waals surface area (Å²) < 4.78 is 11.4. The Bertz CT molecular complexity index is 499. The number of hydrogen-bond acceptors (Lipinski definition) is 4. The molecular weight excluding hydrogens is 280 g/mol. The summed E-state index contributed by atoms with van der Waals surface area (Å²) >= 11 is 0. The lowest BCUT2D eigenvalue weighted by Gasteiger charge is -2.37. The number of nitrogens with one attached hydrogen (secondary N) is 1. The molecule has 1 amide bonds. The van der Waals surface area contributed by atoms with E-state index in [4.69, 9.17) is 9.47 Å². The van der Waals surface area contributed by atoms with Gasteiger partial charge in [0.25, 0.3) is 0 Å². The molecule has 1 aromatic carbocycles. The van der Waals surface area contributed by atoms with Crippen molar-refractivity contribution in [2.24, 2.45) is 0 Å². The Hall–Kier alpha value is -1.43. The van der Waals surface area contributed by atoms with E-state index in [1.165, 1.54) is 11.1 Å². The molecule has 1 N–H and O–H groups in total. The Labute approximate surface area is 131 Å². The van der Waals surface area contributed by atoms with Gasteiger partial charge in [-0.1, -0.05) is 29.8 Å². The summed E-state index contributed by atoms with van der Waals surface area (Å²) in [5.74, 6) is -0.258. The first-order chi connectivity index (χ1) is 10.7. The average molecular weight is 304 g/mol. The van der Waals surface area contributed by atoms with Crippen molar-refractivity contribution in [3.8, 4) is 0 Å². The van der Waals surface area contributed by atoms with Crippen LogP contribution in [0.5, 0.6) is 0 Å². The molecule has 2 heterocycles. The van der Waals surface area contributed by atoms with Crippen LogP contribution < -0.4 is 5.32 Å². The minimum absolute atomic E-state index is 0.153. The fraction of sp³-hybridized carbons (Fsp3) is 0.588. The molecule has 0 saturated carbocycles. The normalized spacial score (nSPS) is 20.5. The highest BCUT2D eigenvalue weighted by atomic mass is 16.7. The fourth-order valence-electron chi connectivity index (χ4n) is 3.01. The zero-order valence-corrected chi connectivity index (χ0v) is 13.1. The summed E-state index contributed by atoms with van der Waals surface area (Å²) in [4.78, 5) is 14.1. The third-order valence-corrected chi connectivity index (χ3v) is 4.42. The van der Waals surface area contributed by atoms with Crippen LogP contribution in [0, 0.1) is 6.92 Å². The van der Waals surface area contributed by atoms with Gasteiger partial charge in [0.2, 0.25) is 5.91 Å². The van der Waals surface area contributed by atoms with Crippen molar-refractivity contribution >= 4 is 5.91 Å². The molecule has 5 nitrogen and oxygen atoms in total. The molecule has 1 spiro atoms. The van der Waals surface area contributed by atoms with E-state index in [9.17, 15) is 4.79 Å². The van der Waals surface area contributed by atoms with E-state index in [-0.39, 0.29) is 5.91 Å². The number of benzene rings is 1. The fourth-order valence-corrected chi connectivity index (χ4v) is 3.01. The van der Waals surface area contributed by atoms with Gasteiger partial charge in [-0.2, -0.15) is 0 Å². The lowest BCUT2D eigenvalue weighted by atomic mass is 10.0. The van der Waals surface area contributed by atoms with Crippen LogP contribution in [-0.4, -0.2) is 49.4 Å². The summed E-state index contributed by atoms with van der Waals surface area (Å²) in [7, 11) is 0. The molecule has 0 unspecified atom stereocenters. The summed E-state index contributed by atoms with van der Waals surface area (Å²) in [5, 5.41) is 3.23. The van der Waals surface area contributed by atoms with Crippen LogP contribution in [0.1, 0.15) is 24.0 Å². The maximum absolute atomic E-state index is 12.2. The maximum Gasteiger partial charge on any atom is 0.236 e. The molecule has 0 aromatic heterocycles. The molecule has 3 rings (SSSR count). The summed E-state index contributed by atoms with van der Waals surface area (Å²) in [6.45, 7) is 5.94. The van der Waals surface area contributed by atoms with Gasteiger partial charge in [-0.05, 0) is 12.5 Å².